The minimum absolute atomic E-state index is 0.0851. The van der Waals surface area contributed by atoms with Crippen molar-refractivity contribution in [2.45, 2.75) is 39.9 Å². The summed E-state index contributed by atoms with van der Waals surface area (Å²) in [6.45, 7) is 8.03. The Hall–Kier alpha value is -1.80. The third-order valence-electron chi connectivity index (χ3n) is 3.31. The third kappa shape index (κ3) is 3.20. The zero-order chi connectivity index (χ0) is 14.7. The van der Waals surface area contributed by atoms with E-state index >= 15 is 0 Å². The van der Waals surface area contributed by atoms with Crippen LogP contribution in [0.25, 0.3) is 0 Å². The Morgan fingerprint density at radius 1 is 0.950 bits per heavy atom. The van der Waals surface area contributed by atoms with Gasteiger partial charge in [-0.1, -0.05) is 42.0 Å². The molecule has 2 aromatic carbocycles. The smallest absolute Gasteiger partial charge is 0.125 e. The number of hydrogen-bond acceptors (Lipinski definition) is 2. The molecule has 1 unspecified atom stereocenters. The topological polar surface area (TPSA) is 29.5 Å². The first-order chi connectivity index (χ1) is 9.49. The van der Waals surface area contributed by atoms with Gasteiger partial charge in [0.1, 0.15) is 11.9 Å². The van der Waals surface area contributed by atoms with Crippen LogP contribution in [0.2, 0.25) is 0 Å². The maximum atomic E-state index is 10.7. The lowest BCUT2D eigenvalue weighted by Gasteiger charge is -2.20. The molecule has 1 N–H and O–H groups in total. The molecular weight excluding hydrogens is 248 g/mol. The summed E-state index contributed by atoms with van der Waals surface area (Å²) < 4.78 is 5.80. The van der Waals surface area contributed by atoms with Gasteiger partial charge in [-0.15, -0.1) is 0 Å². The Kier molecular flexibility index (Phi) is 4.46. The van der Waals surface area contributed by atoms with Crippen LogP contribution >= 0.6 is 0 Å². The lowest BCUT2D eigenvalue weighted by molar-refractivity contribution is 0.197. The number of aryl methyl sites for hydroxylation is 2. The standard InChI is InChI=1S/C18H22O2/c1-12(2)20-17-8-6-5-7-15(17)18(19)16-11-13(3)9-10-14(16)4/h5-12,18-19H,1-4H3. The third-order valence-corrected chi connectivity index (χ3v) is 3.31. The Bertz CT molecular complexity index is 588. The fourth-order valence-electron chi connectivity index (χ4n) is 2.29. The summed E-state index contributed by atoms with van der Waals surface area (Å²) in [7, 11) is 0. The highest BCUT2D eigenvalue weighted by Crippen LogP contribution is 2.32. The van der Waals surface area contributed by atoms with Crippen LogP contribution in [0.3, 0.4) is 0 Å². The summed E-state index contributed by atoms with van der Waals surface area (Å²) in [6, 6.07) is 13.8. The number of para-hydroxylation sites is 1. The fourth-order valence-corrected chi connectivity index (χ4v) is 2.29. The van der Waals surface area contributed by atoms with E-state index in [9.17, 15) is 5.11 Å². The summed E-state index contributed by atoms with van der Waals surface area (Å²) in [4.78, 5) is 0. The highest BCUT2D eigenvalue weighted by Gasteiger charge is 2.17. The number of ether oxygens (including phenoxy) is 1. The number of benzene rings is 2. The van der Waals surface area contributed by atoms with Crippen LogP contribution in [-0.4, -0.2) is 11.2 Å². The molecule has 2 rings (SSSR count). The average Bonchev–Trinajstić information content (AvgIpc) is 2.41. The molecule has 0 amide bonds. The van der Waals surface area contributed by atoms with Crippen LogP contribution in [0, 0.1) is 13.8 Å². The Morgan fingerprint density at radius 2 is 1.65 bits per heavy atom. The molecule has 0 saturated heterocycles. The van der Waals surface area contributed by atoms with Crippen molar-refractivity contribution in [2.75, 3.05) is 0 Å². The molecule has 0 radical (unpaired) electrons. The first-order valence-electron chi connectivity index (χ1n) is 7.00. The van der Waals surface area contributed by atoms with Crippen molar-refractivity contribution in [1.29, 1.82) is 0 Å². The number of aliphatic hydroxyl groups is 1. The highest BCUT2D eigenvalue weighted by molar-refractivity contribution is 5.43. The predicted molar refractivity (Wildman–Crippen MR) is 82.2 cm³/mol. The number of rotatable bonds is 4. The predicted octanol–water partition coefficient (Wildman–Crippen LogP) is 4.17. The zero-order valence-corrected chi connectivity index (χ0v) is 12.6. The molecule has 2 nitrogen and oxygen atoms in total. The molecule has 0 aliphatic carbocycles. The van der Waals surface area contributed by atoms with Gasteiger partial charge in [0.25, 0.3) is 0 Å². The van der Waals surface area contributed by atoms with Crippen LogP contribution in [0.1, 0.15) is 42.2 Å². The van der Waals surface area contributed by atoms with Gasteiger partial charge in [0.05, 0.1) is 6.10 Å². The van der Waals surface area contributed by atoms with Crippen LogP contribution in [0.4, 0.5) is 0 Å². The Balaban J connectivity index is 2.42. The van der Waals surface area contributed by atoms with E-state index in [1.54, 1.807) is 0 Å². The maximum absolute atomic E-state index is 10.7. The summed E-state index contributed by atoms with van der Waals surface area (Å²) in [5.41, 5.74) is 3.98. The molecule has 2 aromatic rings. The van der Waals surface area contributed by atoms with Gasteiger partial charge < -0.3 is 9.84 Å². The molecule has 0 heterocycles. The zero-order valence-electron chi connectivity index (χ0n) is 12.6. The van der Waals surface area contributed by atoms with Gasteiger partial charge in [0, 0.05) is 5.56 Å². The quantitative estimate of drug-likeness (QED) is 0.903. The van der Waals surface area contributed by atoms with Crippen LogP contribution in [0.15, 0.2) is 42.5 Å². The molecule has 0 spiro atoms. The molecule has 2 heteroatoms. The van der Waals surface area contributed by atoms with Crippen LogP contribution < -0.4 is 4.74 Å². The first kappa shape index (κ1) is 14.6. The second-order valence-electron chi connectivity index (χ2n) is 5.47. The van der Waals surface area contributed by atoms with E-state index in [4.69, 9.17) is 4.74 Å². The van der Waals surface area contributed by atoms with Gasteiger partial charge >= 0.3 is 0 Å². The van der Waals surface area contributed by atoms with Crippen molar-refractivity contribution in [1.82, 2.24) is 0 Å². The van der Waals surface area contributed by atoms with E-state index in [1.807, 2.05) is 64.1 Å². The summed E-state index contributed by atoms with van der Waals surface area (Å²) in [5, 5.41) is 10.7. The summed E-state index contributed by atoms with van der Waals surface area (Å²) in [6.07, 6.45) is -0.577. The maximum Gasteiger partial charge on any atom is 0.125 e. The second kappa shape index (κ2) is 6.10. The normalized spacial score (nSPS) is 12.5. The minimum atomic E-state index is -0.662. The lowest BCUT2D eigenvalue weighted by Crippen LogP contribution is -2.10. The molecule has 0 aromatic heterocycles. The number of hydrogen-bond donors (Lipinski definition) is 1. The molecule has 1 atom stereocenters. The Morgan fingerprint density at radius 3 is 2.35 bits per heavy atom. The van der Waals surface area contributed by atoms with Gasteiger partial charge in [-0.25, -0.2) is 0 Å². The van der Waals surface area contributed by atoms with Gasteiger partial charge in [0.2, 0.25) is 0 Å². The van der Waals surface area contributed by atoms with E-state index in [2.05, 4.69) is 6.07 Å². The molecule has 20 heavy (non-hydrogen) atoms. The largest absolute Gasteiger partial charge is 0.491 e. The molecule has 106 valence electrons. The van der Waals surface area contributed by atoms with E-state index in [-0.39, 0.29) is 6.10 Å². The molecule has 0 fully saturated rings. The SMILES string of the molecule is Cc1ccc(C)c(C(O)c2ccccc2OC(C)C)c1. The van der Waals surface area contributed by atoms with Crippen LogP contribution in [0.5, 0.6) is 5.75 Å². The summed E-state index contributed by atoms with van der Waals surface area (Å²) >= 11 is 0. The molecule has 0 bridgehead atoms. The monoisotopic (exact) mass is 270 g/mol. The van der Waals surface area contributed by atoms with E-state index in [0.717, 1.165) is 28.0 Å². The Labute approximate surface area is 121 Å². The molecular formula is C18H22O2. The van der Waals surface area contributed by atoms with E-state index in [0.29, 0.717) is 0 Å². The van der Waals surface area contributed by atoms with E-state index in [1.165, 1.54) is 0 Å². The first-order valence-corrected chi connectivity index (χ1v) is 7.00. The fraction of sp³-hybridized carbons (Fsp3) is 0.333. The van der Waals surface area contributed by atoms with Crippen molar-refractivity contribution >= 4 is 0 Å². The van der Waals surface area contributed by atoms with Crippen molar-refractivity contribution in [2.24, 2.45) is 0 Å². The van der Waals surface area contributed by atoms with Gasteiger partial charge in [-0.2, -0.15) is 0 Å². The minimum Gasteiger partial charge on any atom is -0.491 e. The van der Waals surface area contributed by atoms with Crippen LogP contribution in [-0.2, 0) is 0 Å². The molecule has 0 saturated carbocycles. The summed E-state index contributed by atoms with van der Waals surface area (Å²) in [5.74, 6) is 0.746. The number of aliphatic hydroxyl groups excluding tert-OH is 1. The van der Waals surface area contributed by atoms with Crippen molar-refractivity contribution in [3.05, 3.63) is 64.7 Å². The van der Waals surface area contributed by atoms with Crippen molar-refractivity contribution in [3.8, 4) is 5.75 Å². The van der Waals surface area contributed by atoms with E-state index < -0.39 is 6.10 Å². The van der Waals surface area contributed by atoms with Crippen molar-refractivity contribution in [3.63, 3.8) is 0 Å². The lowest BCUT2D eigenvalue weighted by atomic mass is 9.95. The molecule has 0 aliphatic rings. The average molecular weight is 270 g/mol. The van der Waals surface area contributed by atoms with Gasteiger partial charge in [0.15, 0.2) is 0 Å². The second-order valence-corrected chi connectivity index (χ2v) is 5.47. The van der Waals surface area contributed by atoms with Gasteiger partial charge in [-0.3, -0.25) is 0 Å². The van der Waals surface area contributed by atoms with Crippen molar-refractivity contribution < 1.29 is 9.84 Å². The highest BCUT2D eigenvalue weighted by atomic mass is 16.5. The molecule has 0 aliphatic heterocycles. The van der Waals surface area contributed by atoms with Gasteiger partial charge in [-0.05, 0) is 44.9 Å².